The third-order valence-electron chi connectivity index (χ3n) is 4.10. The van der Waals surface area contributed by atoms with E-state index in [4.69, 9.17) is 20.8 Å². The minimum absolute atomic E-state index is 0.209. The van der Waals surface area contributed by atoms with Crippen LogP contribution in [0, 0.1) is 0 Å². The van der Waals surface area contributed by atoms with Crippen molar-refractivity contribution in [3.8, 4) is 0 Å². The summed E-state index contributed by atoms with van der Waals surface area (Å²) in [4.78, 5) is 25.4. The molecule has 0 N–H and O–H groups in total. The number of methoxy groups -OCH3 is 1. The van der Waals surface area contributed by atoms with Crippen molar-refractivity contribution in [1.82, 2.24) is 14.9 Å². The number of aromatic nitrogens is 2. The number of amides is 1. The fourth-order valence-corrected chi connectivity index (χ4v) is 2.94. The number of hydrogen-bond donors (Lipinski definition) is 0. The maximum absolute atomic E-state index is 13.0. The first-order valence-electron chi connectivity index (χ1n) is 8.27. The van der Waals surface area contributed by atoms with Gasteiger partial charge in [0.15, 0.2) is 5.69 Å². The van der Waals surface area contributed by atoms with Crippen LogP contribution in [0.15, 0.2) is 29.0 Å². The molecule has 8 heteroatoms. The second-order valence-corrected chi connectivity index (χ2v) is 6.27. The number of rotatable bonds is 7. The minimum atomic E-state index is -0.263. The zero-order valence-corrected chi connectivity index (χ0v) is 14.9. The number of anilines is 1. The van der Waals surface area contributed by atoms with E-state index < -0.39 is 0 Å². The van der Waals surface area contributed by atoms with Gasteiger partial charge in [-0.15, -0.1) is 0 Å². The summed E-state index contributed by atoms with van der Waals surface area (Å²) in [6.07, 6.45) is 5.29. The molecule has 2 aromatic rings. The summed E-state index contributed by atoms with van der Waals surface area (Å²) < 4.78 is 10.5. The van der Waals surface area contributed by atoms with Gasteiger partial charge in [0.05, 0.1) is 30.6 Å². The lowest BCUT2D eigenvalue weighted by Crippen LogP contribution is -2.34. The Labute approximate surface area is 151 Å². The van der Waals surface area contributed by atoms with E-state index >= 15 is 0 Å². The Kier molecular flexibility index (Phi) is 5.88. The van der Waals surface area contributed by atoms with E-state index in [0.29, 0.717) is 31.4 Å². The molecule has 25 heavy (non-hydrogen) atoms. The van der Waals surface area contributed by atoms with E-state index in [0.717, 1.165) is 25.9 Å². The van der Waals surface area contributed by atoms with Crippen LogP contribution >= 0.6 is 11.6 Å². The molecule has 0 bridgehead atoms. The van der Waals surface area contributed by atoms with E-state index in [9.17, 15) is 4.79 Å². The Morgan fingerprint density at radius 2 is 2.24 bits per heavy atom. The van der Waals surface area contributed by atoms with Gasteiger partial charge in [-0.3, -0.25) is 4.79 Å². The molecule has 1 fully saturated rings. The van der Waals surface area contributed by atoms with E-state index in [1.54, 1.807) is 24.3 Å². The van der Waals surface area contributed by atoms with Crippen molar-refractivity contribution >= 4 is 23.5 Å². The standard InChI is InChI=1S/C17H21ClN4O3/c1-24-10-8-22(12-13-5-4-9-25-13)16(23)15-14(18)11-19-17(20-15)21-6-2-3-7-21/h4-5,9,11H,2-3,6-8,10,12H2,1H3. The van der Waals surface area contributed by atoms with Crippen LogP contribution in [0.3, 0.4) is 0 Å². The van der Waals surface area contributed by atoms with Crippen molar-refractivity contribution in [2.24, 2.45) is 0 Å². The molecular weight excluding hydrogens is 344 g/mol. The van der Waals surface area contributed by atoms with Gasteiger partial charge in [0.25, 0.3) is 5.91 Å². The maximum atomic E-state index is 13.0. The molecule has 1 aliphatic heterocycles. The van der Waals surface area contributed by atoms with Gasteiger partial charge in [0.2, 0.25) is 5.95 Å². The van der Waals surface area contributed by atoms with Gasteiger partial charge < -0.3 is 19.0 Å². The second kappa shape index (κ2) is 8.31. The highest BCUT2D eigenvalue weighted by molar-refractivity contribution is 6.33. The average molecular weight is 365 g/mol. The number of carbonyl (C=O) groups excluding carboxylic acids is 1. The zero-order valence-electron chi connectivity index (χ0n) is 14.2. The predicted molar refractivity (Wildman–Crippen MR) is 93.8 cm³/mol. The lowest BCUT2D eigenvalue weighted by atomic mass is 10.3. The van der Waals surface area contributed by atoms with Crippen LogP contribution in [0.4, 0.5) is 5.95 Å². The highest BCUT2D eigenvalue weighted by Crippen LogP contribution is 2.21. The van der Waals surface area contributed by atoms with Crippen molar-refractivity contribution in [2.45, 2.75) is 19.4 Å². The Hall–Kier alpha value is -2.12. The summed E-state index contributed by atoms with van der Waals surface area (Å²) in [5, 5.41) is 0.245. The first kappa shape index (κ1) is 17.7. The lowest BCUT2D eigenvalue weighted by molar-refractivity contribution is 0.0661. The van der Waals surface area contributed by atoms with Crippen LogP contribution in [0.2, 0.25) is 5.02 Å². The predicted octanol–water partition coefficient (Wildman–Crippen LogP) is 2.61. The van der Waals surface area contributed by atoms with Crippen LogP contribution in [-0.2, 0) is 11.3 Å². The summed E-state index contributed by atoms with van der Waals surface area (Å²) >= 11 is 6.21. The zero-order chi connectivity index (χ0) is 17.6. The molecule has 1 aliphatic rings. The average Bonchev–Trinajstić information content (AvgIpc) is 3.32. The molecule has 0 aliphatic carbocycles. The molecule has 1 saturated heterocycles. The Balaban J connectivity index is 1.83. The highest BCUT2D eigenvalue weighted by Gasteiger charge is 2.24. The quantitative estimate of drug-likeness (QED) is 0.752. The van der Waals surface area contributed by atoms with Crippen molar-refractivity contribution in [3.05, 3.63) is 41.1 Å². The normalized spacial score (nSPS) is 14.1. The van der Waals surface area contributed by atoms with E-state index in [-0.39, 0.29) is 16.6 Å². The molecule has 0 unspecified atom stereocenters. The summed E-state index contributed by atoms with van der Waals surface area (Å²) in [5.41, 5.74) is 0.209. The van der Waals surface area contributed by atoms with Crippen molar-refractivity contribution in [2.75, 3.05) is 38.3 Å². The van der Waals surface area contributed by atoms with Gasteiger partial charge in [0.1, 0.15) is 5.76 Å². The summed E-state index contributed by atoms with van der Waals surface area (Å²) in [6.45, 7) is 2.95. The molecule has 0 saturated carbocycles. The van der Waals surface area contributed by atoms with Crippen LogP contribution in [0.1, 0.15) is 29.1 Å². The van der Waals surface area contributed by atoms with Crippen LogP contribution < -0.4 is 4.90 Å². The molecule has 0 spiro atoms. The molecule has 3 heterocycles. The van der Waals surface area contributed by atoms with Gasteiger partial charge in [-0.1, -0.05) is 11.6 Å². The second-order valence-electron chi connectivity index (χ2n) is 5.86. The SMILES string of the molecule is COCCN(Cc1ccco1)C(=O)c1nc(N2CCCC2)ncc1Cl. The Morgan fingerprint density at radius 3 is 2.92 bits per heavy atom. The molecule has 3 rings (SSSR count). The molecule has 134 valence electrons. The number of halogens is 1. The number of furan rings is 1. The summed E-state index contributed by atoms with van der Waals surface area (Å²) in [5.74, 6) is 0.977. The van der Waals surface area contributed by atoms with Crippen LogP contribution in [0.25, 0.3) is 0 Å². The van der Waals surface area contributed by atoms with Gasteiger partial charge in [0, 0.05) is 26.7 Å². The summed E-state index contributed by atoms with van der Waals surface area (Å²) in [7, 11) is 1.60. The van der Waals surface area contributed by atoms with Gasteiger partial charge >= 0.3 is 0 Å². The van der Waals surface area contributed by atoms with Gasteiger partial charge in [-0.25, -0.2) is 9.97 Å². The third kappa shape index (κ3) is 4.29. The first-order valence-corrected chi connectivity index (χ1v) is 8.65. The minimum Gasteiger partial charge on any atom is -0.467 e. The molecule has 2 aromatic heterocycles. The third-order valence-corrected chi connectivity index (χ3v) is 4.38. The molecule has 0 radical (unpaired) electrons. The van der Waals surface area contributed by atoms with Crippen LogP contribution in [0.5, 0.6) is 0 Å². The number of carbonyl (C=O) groups is 1. The molecule has 0 aromatic carbocycles. The topological polar surface area (TPSA) is 71.7 Å². The molecule has 7 nitrogen and oxygen atoms in total. The fraction of sp³-hybridized carbons (Fsp3) is 0.471. The van der Waals surface area contributed by atoms with E-state index in [1.165, 1.54) is 6.20 Å². The Morgan fingerprint density at radius 1 is 1.44 bits per heavy atom. The lowest BCUT2D eigenvalue weighted by Gasteiger charge is -2.22. The summed E-state index contributed by atoms with van der Waals surface area (Å²) in [6, 6.07) is 3.61. The number of nitrogens with zero attached hydrogens (tertiary/aromatic N) is 4. The molecular formula is C17H21ClN4O3. The van der Waals surface area contributed by atoms with Gasteiger partial charge in [-0.05, 0) is 25.0 Å². The monoisotopic (exact) mass is 364 g/mol. The maximum Gasteiger partial charge on any atom is 0.274 e. The van der Waals surface area contributed by atoms with Crippen LogP contribution in [-0.4, -0.2) is 54.1 Å². The van der Waals surface area contributed by atoms with Gasteiger partial charge in [-0.2, -0.15) is 0 Å². The smallest absolute Gasteiger partial charge is 0.274 e. The Bertz CT molecular complexity index is 702. The first-order chi connectivity index (χ1) is 12.2. The largest absolute Gasteiger partial charge is 0.467 e. The molecule has 1 amide bonds. The van der Waals surface area contributed by atoms with E-state index in [1.807, 2.05) is 6.07 Å². The fourth-order valence-electron chi connectivity index (χ4n) is 2.77. The van der Waals surface area contributed by atoms with Crippen molar-refractivity contribution in [3.63, 3.8) is 0 Å². The number of hydrogen-bond acceptors (Lipinski definition) is 6. The highest BCUT2D eigenvalue weighted by atomic mass is 35.5. The molecule has 0 atom stereocenters. The number of ether oxygens (including phenoxy) is 1. The van der Waals surface area contributed by atoms with E-state index in [2.05, 4.69) is 14.9 Å². The van der Waals surface area contributed by atoms with Crippen molar-refractivity contribution in [1.29, 1.82) is 0 Å². The van der Waals surface area contributed by atoms with Crippen molar-refractivity contribution < 1.29 is 13.9 Å².